The molecule has 0 radical (unpaired) electrons. The van der Waals surface area contributed by atoms with E-state index in [0.29, 0.717) is 25.1 Å². The minimum atomic E-state index is -0.216. The summed E-state index contributed by atoms with van der Waals surface area (Å²) in [6.07, 6.45) is 1.08. The van der Waals surface area contributed by atoms with Crippen LogP contribution in [0.25, 0.3) is 0 Å². The van der Waals surface area contributed by atoms with Crippen molar-refractivity contribution in [2.75, 3.05) is 6.61 Å². The fourth-order valence-corrected chi connectivity index (χ4v) is 1.49. The van der Waals surface area contributed by atoms with E-state index in [9.17, 15) is 4.39 Å². The summed E-state index contributed by atoms with van der Waals surface area (Å²) in [5.74, 6) is 1.08. The Bertz CT molecular complexity index is 366. The van der Waals surface area contributed by atoms with E-state index in [2.05, 4.69) is 33.0 Å². The van der Waals surface area contributed by atoms with E-state index in [1.165, 1.54) is 6.07 Å². The van der Waals surface area contributed by atoms with Crippen molar-refractivity contribution in [2.45, 2.75) is 46.7 Å². The van der Waals surface area contributed by atoms with Gasteiger partial charge < -0.3 is 10.1 Å². The monoisotopic (exact) mass is 253 g/mol. The summed E-state index contributed by atoms with van der Waals surface area (Å²) in [4.78, 5) is 0. The van der Waals surface area contributed by atoms with Gasteiger partial charge in [0.25, 0.3) is 0 Å². The van der Waals surface area contributed by atoms with Gasteiger partial charge in [-0.3, -0.25) is 0 Å². The summed E-state index contributed by atoms with van der Waals surface area (Å²) in [6.45, 7) is 9.73. The smallest absolute Gasteiger partial charge is 0.123 e. The highest BCUT2D eigenvalue weighted by atomic mass is 19.1. The lowest BCUT2D eigenvalue weighted by atomic mass is 10.1. The van der Waals surface area contributed by atoms with Crippen LogP contribution in [0.15, 0.2) is 18.2 Å². The van der Waals surface area contributed by atoms with Gasteiger partial charge in [0.05, 0.1) is 6.61 Å². The molecule has 1 rings (SSSR count). The Labute approximate surface area is 110 Å². The van der Waals surface area contributed by atoms with Crippen molar-refractivity contribution in [1.29, 1.82) is 0 Å². The zero-order chi connectivity index (χ0) is 13.5. The van der Waals surface area contributed by atoms with Crippen LogP contribution in [0.3, 0.4) is 0 Å². The van der Waals surface area contributed by atoms with Crippen LogP contribution in [-0.4, -0.2) is 12.6 Å². The highest BCUT2D eigenvalue weighted by Crippen LogP contribution is 2.21. The largest absolute Gasteiger partial charge is 0.493 e. The van der Waals surface area contributed by atoms with E-state index in [4.69, 9.17) is 4.74 Å². The Hall–Kier alpha value is -1.09. The number of hydrogen-bond acceptors (Lipinski definition) is 2. The maximum Gasteiger partial charge on any atom is 0.123 e. The fraction of sp³-hybridized carbons (Fsp3) is 0.600. The van der Waals surface area contributed by atoms with E-state index >= 15 is 0 Å². The Morgan fingerprint density at radius 1 is 1.28 bits per heavy atom. The maximum absolute atomic E-state index is 13.3. The van der Waals surface area contributed by atoms with Gasteiger partial charge in [-0.25, -0.2) is 4.39 Å². The van der Waals surface area contributed by atoms with Crippen molar-refractivity contribution in [2.24, 2.45) is 5.92 Å². The summed E-state index contributed by atoms with van der Waals surface area (Å²) >= 11 is 0. The van der Waals surface area contributed by atoms with Gasteiger partial charge in [0.15, 0.2) is 0 Å². The molecular formula is C15H24FNO. The van der Waals surface area contributed by atoms with Crippen LogP contribution in [0.4, 0.5) is 4.39 Å². The van der Waals surface area contributed by atoms with Crippen LogP contribution in [0.5, 0.6) is 5.75 Å². The summed E-state index contributed by atoms with van der Waals surface area (Å²) in [5, 5.41) is 3.28. The molecule has 102 valence electrons. The molecule has 1 unspecified atom stereocenters. The number of halogens is 1. The third-order valence-corrected chi connectivity index (χ3v) is 2.94. The third kappa shape index (κ3) is 5.05. The minimum absolute atomic E-state index is 0.216. The van der Waals surface area contributed by atoms with Gasteiger partial charge in [0.1, 0.15) is 11.6 Å². The van der Waals surface area contributed by atoms with Crippen molar-refractivity contribution in [3.63, 3.8) is 0 Å². The zero-order valence-electron chi connectivity index (χ0n) is 11.8. The Balaban J connectivity index is 2.69. The van der Waals surface area contributed by atoms with Crippen molar-refractivity contribution in [1.82, 2.24) is 5.32 Å². The second-order valence-electron chi connectivity index (χ2n) is 5.11. The molecule has 0 amide bonds. The van der Waals surface area contributed by atoms with Crippen LogP contribution >= 0.6 is 0 Å². The van der Waals surface area contributed by atoms with Crippen LogP contribution in [0.2, 0.25) is 0 Å². The molecule has 0 saturated heterocycles. The number of hydrogen-bond donors (Lipinski definition) is 1. The second kappa shape index (κ2) is 7.37. The zero-order valence-corrected chi connectivity index (χ0v) is 11.8. The average Bonchev–Trinajstić information content (AvgIpc) is 2.34. The topological polar surface area (TPSA) is 21.3 Å². The first-order valence-corrected chi connectivity index (χ1v) is 6.67. The average molecular weight is 253 g/mol. The normalized spacial score (nSPS) is 12.8. The summed E-state index contributed by atoms with van der Waals surface area (Å²) in [7, 11) is 0. The molecule has 2 nitrogen and oxygen atoms in total. The molecule has 0 bridgehead atoms. The Kier molecular flexibility index (Phi) is 6.13. The van der Waals surface area contributed by atoms with E-state index in [1.54, 1.807) is 12.1 Å². The molecule has 0 saturated carbocycles. The lowest BCUT2D eigenvalue weighted by Crippen LogP contribution is -2.22. The minimum Gasteiger partial charge on any atom is -0.493 e. The van der Waals surface area contributed by atoms with Crippen molar-refractivity contribution in [3.05, 3.63) is 29.6 Å². The van der Waals surface area contributed by atoms with Gasteiger partial charge in [0.2, 0.25) is 0 Å². The van der Waals surface area contributed by atoms with Crippen molar-refractivity contribution >= 4 is 0 Å². The van der Waals surface area contributed by atoms with E-state index in [0.717, 1.165) is 17.7 Å². The van der Waals surface area contributed by atoms with Crippen molar-refractivity contribution in [3.8, 4) is 5.75 Å². The van der Waals surface area contributed by atoms with E-state index in [-0.39, 0.29) is 5.82 Å². The molecule has 18 heavy (non-hydrogen) atoms. The van der Waals surface area contributed by atoms with Crippen molar-refractivity contribution < 1.29 is 9.13 Å². The number of ether oxygens (including phenoxy) is 1. The molecule has 0 fully saturated rings. The highest BCUT2D eigenvalue weighted by Gasteiger charge is 2.08. The first kappa shape index (κ1) is 15.0. The molecule has 0 spiro atoms. The maximum atomic E-state index is 13.3. The predicted molar refractivity (Wildman–Crippen MR) is 73.3 cm³/mol. The molecule has 0 heterocycles. The lowest BCUT2D eigenvalue weighted by Gasteiger charge is -2.16. The fourth-order valence-electron chi connectivity index (χ4n) is 1.49. The SMILES string of the molecule is CCC(C)COc1ccc(F)cc1CNC(C)C. The molecule has 1 aromatic rings. The third-order valence-electron chi connectivity index (χ3n) is 2.94. The van der Waals surface area contributed by atoms with Gasteiger partial charge in [-0.15, -0.1) is 0 Å². The van der Waals surface area contributed by atoms with Gasteiger partial charge in [-0.1, -0.05) is 34.1 Å². The summed E-state index contributed by atoms with van der Waals surface area (Å²) in [6, 6.07) is 5.08. The number of rotatable bonds is 7. The molecular weight excluding hydrogens is 229 g/mol. The molecule has 0 aromatic heterocycles. The number of nitrogens with one attached hydrogen (secondary N) is 1. The molecule has 0 aliphatic carbocycles. The van der Waals surface area contributed by atoms with Crippen LogP contribution in [0, 0.1) is 11.7 Å². The van der Waals surface area contributed by atoms with E-state index < -0.39 is 0 Å². The molecule has 1 N–H and O–H groups in total. The van der Waals surface area contributed by atoms with Gasteiger partial charge in [-0.2, -0.15) is 0 Å². The van der Waals surface area contributed by atoms with Gasteiger partial charge in [0, 0.05) is 18.2 Å². The molecule has 3 heteroatoms. The Morgan fingerprint density at radius 2 is 2.00 bits per heavy atom. The van der Waals surface area contributed by atoms with Crippen LogP contribution < -0.4 is 10.1 Å². The molecule has 0 aliphatic rings. The standard InChI is InChI=1S/C15H24FNO/c1-5-12(4)10-18-15-7-6-14(16)8-13(15)9-17-11(2)3/h6-8,11-12,17H,5,9-10H2,1-4H3. The van der Waals surface area contributed by atoms with E-state index in [1.807, 2.05) is 0 Å². The van der Waals surface area contributed by atoms with Gasteiger partial charge >= 0.3 is 0 Å². The van der Waals surface area contributed by atoms with Crippen LogP contribution in [-0.2, 0) is 6.54 Å². The Morgan fingerprint density at radius 3 is 2.61 bits per heavy atom. The van der Waals surface area contributed by atoms with Crippen LogP contribution in [0.1, 0.15) is 39.7 Å². The molecule has 1 aromatic carbocycles. The summed E-state index contributed by atoms with van der Waals surface area (Å²) in [5.41, 5.74) is 0.881. The molecule has 0 aliphatic heterocycles. The first-order valence-electron chi connectivity index (χ1n) is 6.67. The number of benzene rings is 1. The summed E-state index contributed by atoms with van der Waals surface area (Å²) < 4.78 is 19.0. The first-order chi connectivity index (χ1) is 8.52. The predicted octanol–water partition coefficient (Wildman–Crippen LogP) is 3.75. The quantitative estimate of drug-likeness (QED) is 0.799. The molecule has 1 atom stereocenters. The van der Waals surface area contributed by atoms with Gasteiger partial charge in [-0.05, 0) is 24.1 Å². The second-order valence-corrected chi connectivity index (χ2v) is 5.11. The lowest BCUT2D eigenvalue weighted by molar-refractivity contribution is 0.253. The highest BCUT2D eigenvalue weighted by molar-refractivity contribution is 5.34.